The van der Waals surface area contributed by atoms with Crippen molar-refractivity contribution in [3.05, 3.63) is 48.0 Å². The van der Waals surface area contributed by atoms with E-state index in [1.165, 1.54) is 0 Å². The number of aromatic nitrogens is 5. The lowest BCUT2D eigenvalue weighted by atomic mass is 10.2. The summed E-state index contributed by atoms with van der Waals surface area (Å²) in [7, 11) is 1.98. The standard InChI is InChI=1S/C12H10ClN5/c1-17-7-5-9(8-17)10-4-6-14-18(10)12-3-2-11(13)15-16-12/h2-8H,1H3. The fraction of sp³-hybridized carbons (Fsp3) is 0.0833. The van der Waals surface area contributed by atoms with Crippen LogP contribution < -0.4 is 0 Å². The molecule has 0 saturated carbocycles. The number of hydrogen-bond donors (Lipinski definition) is 0. The van der Waals surface area contributed by atoms with Crippen LogP contribution in [0.1, 0.15) is 0 Å². The molecular weight excluding hydrogens is 250 g/mol. The fourth-order valence-corrected chi connectivity index (χ4v) is 1.88. The molecule has 0 aliphatic heterocycles. The normalized spacial score (nSPS) is 10.8. The van der Waals surface area contributed by atoms with E-state index in [0.29, 0.717) is 11.0 Å². The average molecular weight is 260 g/mol. The molecule has 3 aromatic heterocycles. The Morgan fingerprint density at radius 2 is 2.00 bits per heavy atom. The van der Waals surface area contributed by atoms with Gasteiger partial charge in [0.25, 0.3) is 0 Å². The predicted molar refractivity (Wildman–Crippen MR) is 68.6 cm³/mol. The highest BCUT2D eigenvalue weighted by atomic mass is 35.5. The van der Waals surface area contributed by atoms with Crippen molar-refractivity contribution in [2.45, 2.75) is 0 Å². The third-order valence-corrected chi connectivity index (χ3v) is 2.81. The van der Waals surface area contributed by atoms with Gasteiger partial charge in [-0.05, 0) is 24.3 Å². The van der Waals surface area contributed by atoms with Gasteiger partial charge in [-0.15, -0.1) is 10.2 Å². The Morgan fingerprint density at radius 3 is 2.67 bits per heavy atom. The third-order valence-electron chi connectivity index (χ3n) is 2.61. The number of hydrogen-bond acceptors (Lipinski definition) is 3. The Morgan fingerprint density at radius 1 is 1.11 bits per heavy atom. The molecule has 0 fully saturated rings. The molecule has 0 amide bonds. The summed E-state index contributed by atoms with van der Waals surface area (Å²) in [4.78, 5) is 0. The van der Waals surface area contributed by atoms with Crippen LogP contribution >= 0.6 is 11.6 Å². The van der Waals surface area contributed by atoms with Crippen LogP contribution in [0.2, 0.25) is 5.15 Å². The summed E-state index contributed by atoms with van der Waals surface area (Å²) < 4.78 is 3.72. The molecule has 0 aliphatic rings. The van der Waals surface area contributed by atoms with Gasteiger partial charge in [-0.25, -0.2) is 4.68 Å². The summed E-state index contributed by atoms with van der Waals surface area (Å²) >= 11 is 5.73. The quantitative estimate of drug-likeness (QED) is 0.710. The summed E-state index contributed by atoms with van der Waals surface area (Å²) in [6.07, 6.45) is 5.75. The van der Waals surface area contributed by atoms with Gasteiger partial charge < -0.3 is 4.57 Å². The van der Waals surface area contributed by atoms with Crippen molar-refractivity contribution in [3.63, 3.8) is 0 Å². The van der Waals surface area contributed by atoms with E-state index in [1.807, 2.05) is 36.1 Å². The van der Waals surface area contributed by atoms with E-state index in [-0.39, 0.29) is 0 Å². The van der Waals surface area contributed by atoms with E-state index in [1.54, 1.807) is 23.0 Å². The maximum Gasteiger partial charge on any atom is 0.176 e. The molecule has 0 spiro atoms. The Bertz CT molecular complexity index is 668. The van der Waals surface area contributed by atoms with Crippen molar-refractivity contribution in [2.24, 2.45) is 7.05 Å². The first-order valence-electron chi connectivity index (χ1n) is 5.40. The molecule has 0 unspecified atom stereocenters. The van der Waals surface area contributed by atoms with Crippen molar-refractivity contribution in [1.29, 1.82) is 0 Å². The summed E-state index contributed by atoms with van der Waals surface area (Å²) in [5.74, 6) is 0.642. The lowest BCUT2D eigenvalue weighted by molar-refractivity contribution is 0.820. The van der Waals surface area contributed by atoms with Crippen molar-refractivity contribution in [3.8, 4) is 17.1 Å². The van der Waals surface area contributed by atoms with Gasteiger partial charge in [-0.3, -0.25) is 0 Å². The minimum absolute atomic E-state index is 0.368. The Balaban J connectivity index is 2.09. The topological polar surface area (TPSA) is 48.5 Å². The first-order chi connectivity index (χ1) is 8.74. The van der Waals surface area contributed by atoms with Crippen molar-refractivity contribution in [1.82, 2.24) is 24.5 Å². The molecule has 6 heteroatoms. The van der Waals surface area contributed by atoms with Crippen LogP contribution in [0.15, 0.2) is 42.9 Å². The maximum atomic E-state index is 5.73. The molecule has 3 rings (SSSR count). The molecule has 90 valence electrons. The van der Waals surface area contributed by atoms with Gasteiger partial charge in [0.05, 0.1) is 11.9 Å². The Kier molecular flexibility index (Phi) is 2.60. The SMILES string of the molecule is Cn1ccc(-c2ccnn2-c2ccc(Cl)nn2)c1. The summed E-state index contributed by atoms with van der Waals surface area (Å²) in [5, 5.41) is 12.5. The fourth-order valence-electron chi connectivity index (χ4n) is 1.78. The molecule has 5 nitrogen and oxygen atoms in total. The maximum absolute atomic E-state index is 5.73. The van der Waals surface area contributed by atoms with Crippen LogP contribution in [-0.4, -0.2) is 24.5 Å². The summed E-state index contributed by atoms with van der Waals surface area (Å²) in [6.45, 7) is 0. The van der Waals surface area contributed by atoms with Crippen LogP contribution in [0, 0.1) is 0 Å². The molecule has 0 radical (unpaired) electrons. The van der Waals surface area contributed by atoms with Gasteiger partial charge in [0.2, 0.25) is 0 Å². The van der Waals surface area contributed by atoms with Crippen LogP contribution in [0.3, 0.4) is 0 Å². The lowest BCUT2D eigenvalue weighted by Crippen LogP contribution is -2.02. The van der Waals surface area contributed by atoms with Crippen molar-refractivity contribution >= 4 is 11.6 Å². The van der Waals surface area contributed by atoms with E-state index in [0.717, 1.165) is 11.3 Å². The second-order valence-electron chi connectivity index (χ2n) is 3.91. The van der Waals surface area contributed by atoms with E-state index in [2.05, 4.69) is 15.3 Å². The number of aryl methyl sites for hydroxylation is 1. The highest BCUT2D eigenvalue weighted by Crippen LogP contribution is 2.21. The summed E-state index contributed by atoms with van der Waals surface area (Å²) in [6, 6.07) is 7.44. The highest BCUT2D eigenvalue weighted by Gasteiger charge is 2.09. The number of halogens is 1. The predicted octanol–water partition coefficient (Wildman–Crippen LogP) is 2.32. The number of rotatable bonds is 2. The van der Waals surface area contributed by atoms with Crippen LogP contribution in [0.5, 0.6) is 0 Å². The zero-order chi connectivity index (χ0) is 12.5. The molecule has 0 bridgehead atoms. The van der Waals surface area contributed by atoms with Gasteiger partial charge in [0, 0.05) is 25.0 Å². The molecule has 3 aromatic rings. The molecule has 0 aliphatic carbocycles. The van der Waals surface area contributed by atoms with Gasteiger partial charge in [-0.2, -0.15) is 5.10 Å². The van der Waals surface area contributed by atoms with E-state index in [9.17, 15) is 0 Å². The van der Waals surface area contributed by atoms with Crippen molar-refractivity contribution in [2.75, 3.05) is 0 Å². The van der Waals surface area contributed by atoms with Gasteiger partial charge in [0.1, 0.15) is 0 Å². The van der Waals surface area contributed by atoms with Crippen LogP contribution in [0.4, 0.5) is 0 Å². The monoisotopic (exact) mass is 259 g/mol. The van der Waals surface area contributed by atoms with Crippen molar-refractivity contribution < 1.29 is 0 Å². The molecule has 3 heterocycles. The highest BCUT2D eigenvalue weighted by molar-refractivity contribution is 6.29. The first kappa shape index (κ1) is 11.0. The van der Waals surface area contributed by atoms with E-state index >= 15 is 0 Å². The van der Waals surface area contributed by atoms with Gasteiger partial charge >= 0.3 is 0 Å². The van der Waals surface area contributed by atoms with E-state index in [4.69, 9.17) is 11.6 Å². The number of nitrogens with zero attached hydrogens (tertiary/aromatic N) is 5. The smallest absolute Gasteiger partial charge is 0.176 e. The molecular formula is C12H10ClN5. The lowest BCUT2D eigenvalue weighted by Gasteiger charge is -2.04. The molecule has 0 N–H and O–H groups in total. The third kappa shape index (κ3) is 1.89. The molecule has 0 saturated heterocycles. The van der Waals surface area contributed by atoms with Crippen LogP contribution in [0.25, 0.3) is 17.1 Å². The first-order valence-corrected chi connectivity index (χ1v) is 5.78. The molecule has 0 aromatic carbocycles. The Hall–Kier alpha value is -2.14. The minimum atomic E-state index is 0.368. The molecule has 0 atom stereocenters. The zero-order valence-electron chi connectivity index (χ0n) is 9.66. The summed E-state index contributed by atoms with van der Waals surface area (Å²) in [5.41, 5.74) is 2.04. The average Bonchev–Trinajstić information content (AvgIpc) is 2.98. The van der Waals surface area contributed by atoms with E-state index < -0.39 is 0 Å². The largest absolute Gasteiger partial charge is 0.357 e. The van der Waals surface area contributed by atoms with Crippen LogP contribution in [-0.2, 0) is 7.05 Å². The zero-order valence-corrected chi connectivity index (χ0v) is 10.4. The second kappa shape index (κ2) is 4.27. The second-order valence-corrected chi connectivity index (χ2v) is 4.30. The molecule has 18 heavy (non-hydrogen) atoms. The van der Waals surface area contributed by atoms with Gasteiger partial charge in [-0.1, -0.05) is 11.6 Å². The van der Waals surface area contributed by atoms with Gasteiger partial charge in [0.15, 0.2) is 11.0 Å². The minimum Gasteiger partial charge on any atom is -0.357 e. The Labute approximate surface area is 109 Å².